The molecule has 0 spiro atoms. The predicted octanol–water partition coefficient (Wildman–Crippen LogP) is 1.49. The van der Waals surface area contributed by atoms with Crippen molar-refractivity contribution in [1.29, 1.82) is 0 Å². The minimum Gasteiger partial charge on any atom is -0.361 e. The lowest BCUT2D eigenvalue weighted by molar-refractivity contribution is 0.727. The maximum Gasteiger partial charge on any atom is 0.120 e. The highest BCUT2D eigenvalue weighted by Crippen LogP contribution is 2.28. The number of benzene rings is 1. The number of hydrogen-bond acceptors (Lipinski definition) is 3. The molecular weight excluding hydrogens is 150 g/mol. The van der Waals surface area contributed by atoms with Gasteiger partial charge in [0.2, 0.25) is 0 Å². The van der Waals surface area contributed by atoms with Crippen molar-refractivity contribution in [3.05, 3.63) is 24.3 Å². The Morgan fingerprint density at radius 3 is 3.00 bits per heavy atom. The van der Waals surface area contributed by atoms with Gasteiger partial charge in [-0.15, -0.1) is 0 Å². The Labute approximate surface area is 71.3 Å². The van der Waals surface area contributed by atoms with Gasteiger partial charge in [0.05, 0.1) is 11.4 Å². The van der Waals surface area contributed by atoms with Crippen molar-refractivity contribution >= 4 is 17.6 Å². The molecule has 0 fully saturated rings. The molecule has 1 aromatic rings. The fourth-order valence-corrected chi connectivity index (χ4v) is 1.22. The molecule has 0 aromatic heterocycles. The second kappa shape index (κ2) is 2.32. The van der Waals surface area contributed by atoms with E-state index in [1.54, 1.807) is 6.21 Å². The molecule has 12 heavy (non-hydrogen) atoms. The van der Waals surface area contributed by atoms with Crippen molar-refractivity contribution in [3.8, 4) is 0 Å². The summed E-state index contributed by atoms with van der Waals surface area (Å²) in [5.74, 6) is 0. The zero-order valence-corrected chi connectivity index (χ0v) is 6.91. The van der Waals surface area contributed by atoms with Crippen molar-refractivity contribution in [2.24, 2.45) is 10.7 Å². The summed E-state index contributed by atoms with van der Waals surface area (Å²) in [5, 5.41) is 3.16. The molecule has 1 heterocycles. The first-order chi connectivity index (χ1) is 5.67. The summed E-state index contributed by atoms with van der Waals surface area (Å²) in [6.45, 7) is 1.88. The normalized spacial score (nSPS) is 26.2. The number of fused-ring (bicyclic) bond motifs is 1. The third-order valence-electron chi connectivity index (χ3n) is 1.78. The highest BCUT2D eigenvalue weighted by atomic mass is 15.1. The lowest BCUT2D eigenvalue weighted by Gasteiger charge is -2.27. The second-order valence-electron chi connectivity index (χ2n) is 3.18. The lowest BCUT2D eigenvalue weighted by Crippen LogP contribution is -2.47. The molecule has 3 N–H and O–H groups in total. The van der Waals surface area contributed by atoms with E-state index in [1.807, 2.05) is 31.2 Å². The fraction of sp³-hybridized carbons (Fsp3) is 0.222. The Morgan fingerprint density at radius 2 is 2.17 bits per heavy atom. The topological polar surface area (TPSA) is 50.4 Å². The van der Waals surface area contributed by atoms with E-state index in [-0.39, 0.29) is 0 Å². The number of rotatable bonds is 0. The van der Waals surface area contributed by atoms with E-state index in [1.165, 1.54) is 0 Å². The van der Waals surface area contributed by atoms with Gasteiger partial charge in [0.15, 0.2) is 0 Å². The van der Waals surface area contributed by atoms with Crippen molar-refractivity contribution in [2.45, 2.75) is 12.6 Å². The number of para-hydroxylation sites is 2. The van der Waals surface area contributed by atoms with Crippen LogP contribution in [0.4, 0.5) is 11.4 Å². The van der Waals surface area contributed by atoms with Crippen molar-refractivity contribution in [2.75, 3.05) is 5.32 Å². The van der Waals surface area contributed by atoms with Gasteiger partial charge in [-0.1, -0.05) is 12.1 Å². The highest BCUT2D eigenvalue weighted by Gasteiger charge is 2.19. The van der Waals surface area contributed by atoms with Crippen LogP contribution in [-0.4, -0.2) is 11.9 Å². The molecule has 62 valence electrons. The van der Waals surface area contributed by atoms with E-state index in [0.29, 0.717) is 0 Å². The van der Waals surface area contributed by atoms with Crippen LogP contribution in [0, 0.1) is 0 Å². The van der Waals surface area contributed by atoms with Crippen LogP contribution >= 0.6 is 0 Å². The van der Waals surface area contributed by atoms with Gasteiger partial charge in [0, 0.05) is 6.21 Å². The molecule has 3 heteroatoms. The van der Waals surface area contributed by atoms with Crippen LogP contribution < -0.4 is 11.1 Å². The van der Waals surface area contributed by atoms with Crippen LogP contribution in [0.1, 0.15) is 6.92 Å². The van der Waals surface area contributed by atoms with Crippen LogP contribution in [-0.2, 0) is 0 Å². The summed E-state index contributed by atoms with van der Waals surface area (Å²) in [5.41, 5.74) is 7.25. The van der Waals surface area contributed by atoms with E-state index in [9.17, 15) is 0 Å². The fourth-order valence-electron chi connectivity index (χ4n) is 1.22. The summed E-state index contributed by atoms with van der Waals surface area (Å²) in [6.07, 6.45) is 1.72. The van der Waals surface area contributed by atoms with Gasteiger partial charge in [-0.3, -0.25) is 4.99 Å². The molecule has 0 bridgehead atoms. The standard InChI is InChI=1S/C9H11N3/c1-9(10)6-11-7-4-2-3-5-8(7)12-9/h2-6,12H,10H2,1H3. The van der Waals surface area contributed by atoms with Gasteiger partial charge < -0.3 is 11.1 Å². The van der Waals surface area contributed by atoms with Crippen molar-refractivity contribution < 1.29 is 0 Å². The summed E-state index contributed by atoms with van der Waals surface area (Å²) in [7, 11) is 0. The minimum absolute atomic E-state index is 0.519. The van der Waals surface area contributed by atoms with Gasteiger partial charge in [-0.2, -0.15) is 0 Å². The van der Waals surface area contributed by atoms with E-state index in [0.717, 1.165) is 11.4 Å². The van der Waals surface area contributed by atoms with Gasteiger partial charge in [0.1, 0.15) is 5.66 Å². The number of nitrogens with two attached hydrogens (primary N) is 1. The van der Waals surface area contributed by atoms with Crippen LogP contribution in [0.2, 0.25) is 0 Å². The number of aliphatic imine (C=N–C) groups is 1. The second-order valence-corrected chi connectivity index (χ2v) is 3.18. The van der Waals surface area contributed by atoms with Gasteiger partial charge in [0.25, 0.3) is 0 Å². The molecule has 1 aromatic carbocycles. The van der Waals surface area contributed by atoms with Crippen LogP contribution in [0.5, 0.6) is 0 Å². The first kappa shape index (κ1) is 7.31. The summed E-state index contributed by atoms with van der Waals surface area (Å²) >= 11 is 0. The lowest BCUT2D eigenvalue weighted by atomic mass is 10.1. The number of nitrogens with zero attached hydrogens (tertiary/aromatic N) is 1. The molecular formula is C9H11N3. The van der Waals surface area contributed by atoms with Gasteiger partial charge >= 0.3 is 0 Å². The maximum atomic E-state index is 5.83. The molecule has 1 aliphatic heterocycles. The Hall–Kier alpha value is -1.35. The van der Waals surface area contributed by atoms with Crippen molar-refractivity contribution in [1.82, 2.24) is 0 Å². The quantitative estimate of drug-likeness (QED) is 0.605. The average Bonchev–Trinajstić information content (AvgIpc) is 2.02. The third-order valence-corrected chi connectivity index (χ3v) is 1.78. The van der Waals surface area contributed by atoms with E-state index < -0.39 is 5.66 Å². The molecule has 1 unspecified atom stereocenters. The Balaban J connectivity index is 2.46. The number of hydrogen-bond donors (Lipinski definition) is 2. The monoisotopic (exact) mass is 161 g/mol. The van der Waals surface area contributed by atoms with Crippen LogP contribution in [0.15, 0.2) is 29.3 Å². The molecule has 3 nitrogen and oxygen atoms in total. The first-order valence-electron chi connectivity index (χ1n) is 3.89. The highest BCUT2D eigenvalue weighted by molar-refractivity contribution is 5.85. The third kappa shape index (κ3) is 1.19. The van der Waals surface area contributed by atoms with E-state index >= 15 is 0 Å². The zero-order valence-electron chi connectivity index (χ0n) is 6.91. The van der Waals surface area contributed by atoms with Crippen LogP contribution in [0.3, 0.4) is 0 Å². The Kier molecular flexibility index (Phi) is 1.41. The number of anilines is 1. The van der Waals surface area contributed by atoms with Gasteiger partial charge in [-0.05, 0) is 19.1 Å². The minimum atomic E-state index is -0.519. The zero-order chi connectivity index (χ0) is 8.60. The maximum absolute atomic E-state index is 5.83. The van der Waals surface area contributed by atoms with Crippen LogP contribution in [0.25, 0.3) is 0 Å². The molecule has 0 radical (unpaired) electrons. The van der Waals surface area contributed by atoms with Crippen molar-refractivity contribution in [3.63, 3.8) is 0 Å². The Bertz CT molecular complexity index is 328. The average molecular weight is 161 g/mol. The van der Waals surface area contributed by atoms with E-state index in [4.69, 9.17) is 5.73 Å². The summed E-state index contributed by atoms with van der Waals surface area (Å²) < 4.78 is 0. The molecule has 1 atom stereocenters. The first-order valence-corrected chi connectivity index (χ1v) is 3.89. The van der Waals surface area contributed by atoms with E-state index in [2.05, 4.69) is 10.3 Å². The molecule has 2 rings (SSSR count). The molecule has 0 saturated carbocycles. The SMILES string of the molecule is CC1(N)C=Nc2ccccc2N1. The number of nitrogens with one attached hydrogen (secondary N) is 1. The molecule has 0 aliphatic carbocycles. The smallest absolute Gasteiger partial charge is 0.120 e. The molecule has 0 amide bonds. The molecule has 1 aliphatic rings. The largest absolute Gasteiger partial charge is 0.361 e. The summed E-state index contributed by atoms with van der Waals surface area (Å²) in [4.78, 5) is 4.23. The Morgan fingerprint density at radius 1 is 1.42 bits per heavy atom. The van der Waals surface area contributed by atoms with Gasteiger partial charge in [-0.25, -0.2) is 0 Å². The summed E-state index contributed by atoms with van der Waals surface area (Å²) in [6, 6.07) is 7.84. The predicted molar refractivity (Wildman–Crippen MR) is 50.8 cm³/mol. The molecule has 0 saturated heterocycles.